The number of hydrogen-bond donors (Lipinski definition) is 1. The molecular weight excluding hydrogens is 286 g/mol. The summed E-state index contributed by atoms with van der Waals surface area (Å²) in [6.45, 7) is 4.96. The fourth-order valence-electron chi connectivity index (χ4n) is 2.50. The van der Waals surface area contributed by atoms with Gasteiger partial charge in [0.1, 0.15) is 12.4 Å². The van der Waals surface area contributed by atoms with E-state index in [1.54, 1.807) is 23.7 Å². The lowest BCUT2D eigenvalue weighted by Gasteiger charge is -2.27. The topological polar surface area (TPSA) is 49.8 Å². The summed E-state index contributed by atoms with van der Waals surface area (Å²) in [4.78, 5) is 13.8. The first-order valence-electron chi connectivity index (χ1n) is 7.17. The summed E-state index contributed by atoms with van der Waals surface area (Å²) in [6.07, 6.45) is 0.540. The standard InChI is InChI=1S/C16H23NO3S/c1-12-8-13(2)10-14(9-12)20-6-5-17(3)15(18)16(19)4-7-21-11-16/h8-10,19H,4-7,11H2,1-3H3. The summed E-state index contributed by atoms with van der Waals surface area (Å²) in [5.74, 6) is 1.96. The SMILES string of the molecule is Cc1cc(C)cc(OCCN(C)C(=O)C2(O)CCSC2)c1. The summed E-state index contributed by atoms with van der Waals surface area (Å²) in [7, 11) is 1.72. The average molecular weight is 309 g/mol. The maximum atomic E-state index is 12.2. The number of likely N-dealkylation sites (N-methyl/N-ethyl adjacent to an activating group) is 1. The fourth-order valence-corrected chi connectivity index (χ4v) is 3.73. The van der Waals surface area contributed by atoms with Crippen LogP contribution in [0.25, 0.3) is 0 Å². The minimum atomic E-state index is -1.18. The molecule has 1 aliphatic heterocycles. The monoisotopic (exact) mass is 309 g/mol. The maximum absolute atomic E-state index is 12.2. The predicted molar refractivity (Wildman–Crippen MR) is 85.9 cm³/mol. The first-order chi connectivity index (χ1) is 9.90. The van der Waals surface area contributed by atoms with Crippen LogP contribution < -0.4 is 4.74 Å². The van der Waals surface area contributed by atoms with Gasteiger partial charge in [0, 0.05) is 12.8 Å². The van der Waals surface area contributed by atoms with Gasteiger partial charge in [0.2, 0.25) is 0 Å². The molecule has 0 saturated carbocycles. The van der Waals surface area contributed by atoms with Gasteiger partial charge in [-0.3, -0.25) is 4.79 Å². The highest BCUT2D eigenvalue weighted by Crippen LogP contribution is 2.29. The van der Waals surface area contributed by atoms with Gasteiger partial charge in [-0.25, -0.2) is 0 Å². The Morgan fingerprint density at radius 3 is 2.62 bits per heavy atom. The Balaban J connectivity index is 1.83. The van der Waals surface area contributed by atoms with Crippen molar-refractivity contribution in [2.45, 2.75) is 25.9 Å². The summed E-state index contributed by atoms with van der Waals surface area (Å²) in [5, 5.41) is 10.3. The molecule has 4 nitrogen and oxygen atoms in total. The molecule has 2 rings (SSSR count). The van der Waals surface area contributed by atoms with Crippen molar-refractivity contribution in [2.24, 2.45) is 0 Å². The van der Waals surface area contributed by atoms with Gasteiger partial charge in [-0.2, -0.15) is 11.8 Å². The van der Waals surface area contributed by atoms with Crippen LogP contribution in [0.5, 0.6) is 5.75 Å². The van der Waals surface area contributed by atoms with E-state index in [1.807, 2.05) is 26.0 Å². The summed E-state index contributed by atoms with van der Waals surface area (Å²) in [6, 6.07) is 6.06. The number of hydrogen-bond acceptors (Lipinski definition) is 4. The van der Waals surface area contributed by atoms with Crippen LogP contribution in [-0.4, -0.2) is 53.2 Å². The van der Waals surface area contributed by atoms with E-state index >= 15 is 0 Å². The van der Waals surface area contributed by atoms with Crippen LogP contribution in [0, 0.1) is 13.8 Å². The van der Waals surface area contributed by atoms with Gasteiger partial charge in [0.15, 0.2) is 5.60 Å². The molecule has 1 saturated heterocycles. The Morgan fingerprint density at radius 1 is 1.38 bits per heavy atom. The van der Waals surface area contributed by atoms with Crippen LogP contribution in [0.15, 0.2) is 18.2 Å². The van der Waals surface area contributed by atoms with Crippen LogP contribution in [0.2, 0.25) is 0 Å². The van der Waals surface area contributed by atoms with E-state index in [2.05, 4.69) is 6.07 Å². The third-order valence-corrected chi connectivity index (χ3v) is 4.81. The second-order valence-electron chi connectivity index (χ2n) is 5.73. The molecule has 0 aromatic heterocycles. The lowest BCUT2D eigenvalue weighted by molar-refractivity contribution is -0.147. The quantitative estimate of drug-likeness (QED) is 0.904. The van der Waals surface area contributed by atoms with Crippen molar-refractivity contribution in [2.75, 3.05) is 31.7 Å². The van der Waals surface area contributed by atoms with Crippen LogP contribution in [0.4, 0.5) is 0 Å². The van der Waals surface area contributed by atoms with E-state index < -0.39 is 5.60 Å². The number of carbonyl (C=O) groups is 1. The molecule has 1 amide bonds. The van der Waals surface area contributed by atoms with E-state index in [9.17, 15) is 9.90 Å². The van der Waals surface area contributed by atoms with Crippen molar-refractivity contribution in [3.63, 3.8) is 0 Å². The van der Waals surface area contributed by atoms with E-state index in [0.29, 0.717) is 25.3 Å². The average Bonchev–Trinajstić information content (AvgIpc) is 2.85. The van der Waals surface area contributed by atoms with Crippen LogP contribution in [0.3, 0.4) is 0 Å². The molecule has 1 heterocycles. The molecule has 0 spiro atoms. The number of carbonyl (C=O) groups excluding carboxylic acids is 1. The first-order valence-corrected chi connectivity index (χ1v) is 8.33. The van der Waals surface area contributed by atoms with Gasteiger partial charge in [-0.05, 0) is 49.3 Å². The molecule has 21 heavy (non-hydrogen) atoms. The zero-order valence-corrected chi connectivity index (χ0v) is 13.7. The normalized spacial score (nSPS) is 21.3. The Morgan fingerprint density at radius 2 is 2.05 bits per heavy atom. The highest BCUT2D eigenvalue weighted by Gasteiger charge is 2.41. The molecule has 1 fully saturated rings. The minimum Gasteiger partial charge on any atom is -0.492 e. The molecule has 1 N–H and O–H groups in total. The van der Waals surface area contributed by atoms with Gasteiger partial charge < -0.3 is 14.7 Å². The highest BCUT2D eigenvalue weighted by molar-refractivity contribution is 7.99. The lowest BCUT2D eigenvalue weighted by Crippen LogP contribution is -2.48. The smallest absolute Gasteiger partial charge is 0.255 e. The number of benzene rings is 1. The third kappa shape index (κ3) is 4.14. The van der Waals surface area contributed by atoms with Crippen LogP contribution >= 0.6 is 11.8 Å². The van der Waals surface area contributed by atoms with Gasteiger partial charge >= 0.3 is 0 Å². The number of thioether (sulfide) groups is 1. The largest absolute Gasteiger partial charge is 0.492 e. The molecule has 0 bridgehead atoms. The van der Waals surface area contributed by atoms with Crippen LogP contribution in [0.1, 0.15) is 17.5 Å². The highest BCUT2D eigenvalue weighted by atomic mass is 32.2. The number of ether oxygens (including phenoxy) is 1. The number of aryl methyl sites for hydroxylation is 2. The molecule has 1 aliphatic rings. The molecule has 5 heteroatoms. The van der Waals surface area contributed by atoms with Gasteiger partial charge in [-0.15, -0.1) is 0 Å². The van der Waals surface area contributed by atoms with Gasteiger partial charge in [0.05, 0.1) is 6.54 Å². The van der Waals surface area contributed by atoms with Crippen molar-refractivity contribution in [1.29, 1.82) is 0 Å². The van der Waals surface area contributed by atoms with Gasteiger partial charge in [0.25, 0.3) is 5.91 Å². The molecule has 1 unspecified atom stereocenters. The second kappa shape index (κ2) is 6.71. The molecule has 1 atom stereocenters. The maximum Gasteiger partial charge on any atom is 0.255 e. The van der Waals surface area contributed by atoms with Crippen molar-refractivity contribution in [3.8, 4) is 5.75 Å². The van der Waals surface area contributed by atoms with E-state index in [1.165, 1.54) is 0 Å². The number of nitrogens with zero attached hydrogens (tertiary/aromatic N) is 1. The van der Waals surface area contributed by atoms with E-state index in [0.717, 1.165) is 22.6 Å². The number of amides is 1. The third-order valence-electron chi connectivity index (χ3n) is 3.64. The van der Waals surface area contributed by atoms with Crippen molar-refractivity contribution < 1.29 is 14.6 Å². The lowest BCUT2D eigenvalue weighted by atomic mass is 10.0. The van der Waals surface area contributed by atoms with Gasteiger partial charge in [-0.1, -0.05) is 6.07 Å². The molecule has 0 aliphatic carbocycles. The summed E-state index contributed by atoms with van der Waals surface area (Å²) >= 11 is 1.62. The van der Waals surface area contributed by atoms with Crippen molar-refractivity contribution in [1.82, 2.24) is 4.90 Å². The fraction of sp³-hybridized carbons (Fsp3) is 0.562. The Labute approximate surface area is 130 Å². The van der Waals surface area contributed by atoms with E-state index in [4.69, 9.17) is 4.74 Å². The zero-order valence-electron chi connectivity index (χ0n) is 12.9. The molecular formula is C16H23NO3S. The Kier molecular flexibility index (Phi) is 5.17. The predicted octanol–water partition coefficient (Wildman–Crippen LogP) is 2.01. The second-order valence-corrected chi connectivity index (χ2v) is 6.84. The van der Waals surface area contributed by atoms with Crippen molar-refractivity contribution in [3.05, 3.63) is 29.3 Å². The number of rotatable bonds is 5. The van der Waals surface area contributed by atoms with Crippen LogP contribution in [-0.2, 0) is 4.79 Å². The molecule has 0 radical (unpaired) electrons. The Bertz CT molecular complexity index is 492. The number of aliphatic hydroxyl groups is 1. The zero-order chi connectivity index (χ0) is 15.5. The molecule has 1 aromatic carbocycles. The van der Waals surface area contributed by atoms with E-state index in [-0.39, 0.29) is 5.91 Å². The summed E-state index contributed by atoms with van der Waals surface area (Å²) < 4.78 is 5.70. The van der Waals surface area contributed by atoms with Crippen molar-refractivity contribution >= 4 is 17.7 Å². The molecule has 116 valence electrons. The summed E-state index contributed by atoms with van der Waals surface area (Å²) in [5.41, 5.74) is 1.14. The molecule has 1 aromatic rings. The first kappa shape index (κ1) is 16.2. The minimum absolute atomic E-state index is 0.198. The Hall–Kier alpha value is -1.20.